The van der Waals surface area contributed by atoms with Crippen LogP contribution in [0.25, 0.3) is 23.0 Å². The first-order valence-electron chi connectivity index (χ1n) is 10.8. The van der Waals surface area contributed by atoms with E-state index in [9.17, 15) is 4.79 Å². The summed E-state index contributed by atoms with van der Waals surface area (Å²) in [7, 11) is -1.22. The van der Waals surface area contributed by atoms with E-state index >= 15 is 0 Å². The van der Waals surface area contributed by atoms with Gasteiger partial charge in [0.05, 0.1) is 35.9 Å². The zero-order valence-corrected chi connectivity index (χ0v) is 21.8. The molecule has 2 aromatic carbocycles. The number of hydrogen-bond acceptors (Lipinski definition) is 4. The fourth-order valence-corrected chi connectivity index (χ4v) is 4.24. The van der Waals surface area contributed by atoms with Gasteiger partial charge >= 0.3 is 5.97 Å². The molecule has 0 saturated heterocycles. The molecule has 8 heteroatoms. The average molecular weight is 504 g/mol. The van der Waals surface area contributed by atoms with Crippen LogP contribution in [0.1, 0.15) is 23.0 Å². The molecule has 0 atom stereocenters. The summed E-state index contributed by atoms with van der Waals surface area (Å²) >= 11 is 12.6. The van der Waals surface area contributed by atoms with Crippen molar-refractivity contribution in [3.8, 4) is 16.9 Å². The highest BCUT2D eigenvalue weighted by Crippen LogP contribution is 2.33. The van der Waals surface area contributed by atoms with Crippen LogP contribution in [0, 0.1) is 0 Å². The van der Waals surface area contributed by atoms with Gasteiger partial charge in [-0.2, -0.15) is 5.10 Å². The highest BCUT2D eigenvalue weighted by molar-refractivity contribution is 6.76. The lowest BCUT2D eigenvalue weighted by Crippen LogP contribution is -2.20. The van der Waals surface area contributed by atoms with Crippen LogP contribution in [0.2, 0.25) is 35.7 Å². The molecule has 5 nitrogen and oxygen atoms in total. The van der Waals surface area contributed by atoms with Gasteiger partial charge in [-0.1, -0.05) is 67.1 Å². The Morgan fingerprint density at radius 1 is 1.09 bits per heavy atom. The van der Waals surface area contributed by atoms with E-state index in [0.717, 1.165) is 11.6 Å². The Labute approximate surface area is 205 Å². The molecule has 1 heterocycles. The SMILES string of the molecule is CCOC(=O)c1nn(-c2ccccc2Cl)c(-c2ccc(Cl)cc2)c1/C=C/OCC[Si](C)(C)C. The molecule has 0 aliphatic rings. The van der Waals surface area contributed by atoms with Gasteiger partial charge in [0.1, 0.15) is 0 Å². The Hall–Kier alpha value is -2.54. The zero-order valence-electron chi connectivity index (χ0n) is 19.3. The number of benzene rings is 2. The van der Waals surface area contributed by atoms with Crippen molar-refractivity contribution in [2.24, 2.45) is 0 Å². The van der Waals surface area contributed by atoms with Gasteiger partial charge in [0.25, 0.3) is 0 Å². The van der Waals surface area contributed by atoms with Crippen molar-refractivity contribution < 1.29 is 14.3 Å². The Morgan fingerprint density at radius 3 is 2.42 bits per heavy atom. The molecule has 3 rings (SSSR count). The fourth-order valence-electron chi connectivity index (χ4n) is 3.17. The van der Waals surface area contributed by atoms with Crippen LogP contribution in [0.3, 0.4) is 0 Å². The van der Waals surface area contributed by atoms with Gasteiger partial charge in [0.2, 0.25) is 0 Å². The lowest BCUT2D eigenvalue weighted by molar-refractivity contribution is 0.0518. The number of para-hydroxylation sites is 1. The molecule has 0 unspecified atom stereocenters. The third-order valence-corrected chi connectivity index (χ3v) is 7.17. The van der Waals surface area contributed by atoms with Gasteiger partial charge in [-0.25, -0.2) is 9.48 Å². The summed E-state index contributed by atoms with van der Waals surface area (Å²) < 4.78 is 12.7. The van der Waals surface area contributed by atoms with E-state index in [0.29, 0.717) is 33.6 Å². The summed E-state index contributed by atoms with van der Waals surface area (Å²) in [5.74, 6) is -0.514. The van der Waals surface area contributed by atoms with Crippen LogP contribution in [-0.2, 0) is 9.47 Å². The van der Waals surface area contributed by atoms with Crippen molar-refractivity contribution in [3.05, 3.63) is 76.1 Å². The number of esters is 1. The Balaban J connectivity index is 2.15. The Morgan fingerprint density at radius 2 is 1.79 bits per heavy atom. The second kappa shape index (κ2) is 11.1. The van der Waals surface area contributed by atoms with E-state index in [1.54, 1.807) is 42.1 Å². The highest BCUT2D eigenvalue weighted by atomic mass is 35.5. The average Bonchev–Trinajstić information content (AvgIpc) is 3.13. The minimum atomic E-state index is -1.22. The number of halogens is 2. The second-order valence-corrected chi connectivity index (χ2v) is 15.2. The van der Waals surface area contributed by atoms with Crippen LogP contribution in [0.15, 0.2) is 54.8 Å². The summed E-state index contributed by atoms with van der Waals surface area (Å²) in [6.45, 7) is 9.51. The summed E-state index contributed by atoms with van der Waals surface area (Å²) in [4.78, 5) is 12.8. The van der Waals surface area contributed by atoms with Crippen molar-refractivity contribution in [1.29, 1.82) is 0 Å². The molecule has 0 N–H and O–H groups in total. The molecule has 33 heavy (non-hydrogen) atoms. The molecule has 0 saturated carbocycles. The normalized spacial score (nSPS) is 11.7. The van der Waals surface area contributed by atoms with Gasteiger partial charge in [0, 0.05) is 24.2 Å². The molecule has 0 bridgehead atoms. The van der Waals surface area contributed by atoms with E-state index < -0.39 is 14.0 Å². The van der Waals surface area contributed by atoms with Crippen LogP contribution >= 0.6 is 23.2 Å². The Bertz CT molecular complexity index is 1140. The van der Waals surface area contributed by atoms with E-state index in [-0.39, 0.29) is 12.3 Å². The number of hydrogen-bond donors (Lipinski definition) is 0. The molecule has 0 fully saturated rings. The number of ether oxygens (including phenoxy) is 2. The first-order chi connectivity index (χ1) is 15.7. The summed E-state index contributed by atoms with van der Waals surface area (Å²) in [5, 5.41) is 5.74. The maximum absolute atomic E-state index is 12.8. The number of aromatic nitrogens is 2. The molecule has 0 radical (unpaired) electrons. The number of rotatable bonds is 9. The number of carbonyl (C=O) groups excluding carboxylic acids is 1. The van der Waals surface area contributed by atoms with E-state index in [2.05, 4.69) is 24.7 Å². The first kappa shape index (κ1) is 25.1. The lowest BCUT2D eigenvalue weighted by atomic mass is 10.0. The second-order valence-electron chi connectivity index (χ2n) is 8.69. The van der Waals surface area contributed by atoms with Crippen molar-refractivity contribution in [1.82, 2.24) is 9.78 Å². The third-order valence-electron chi connectivity index (χ3n) is 4.89. The third kappa shape index (κ3) is 6.50. The van der Waals surface area contributed by atoms with Crippen molar-refractivity contribution in [3.63, 3.8) is 0 Å². The number of nitrogens with zero attached hydrogens (tertiary/aromatic N) is 2. The maximum Gasteiger partial charge on any atom is 0.359 e. The smallest absolute Gasteiger partial charge is 0.359 e. The first-order valence-corrected chi connectivity index (χ1v) is 15.3. The molecule has 3 aromatic rings. The quantitative estimate of drug-likeness (QED) is 0.133. The zero-order chi connectivity index (χ0) is 24.0. The van der Waals surface area contributed by atoms with Gasteiger partial charge in [-0.15, -0.1) is 0 Å². The van der Waals surface area contributed by atoms with Gasteiger partial charge in [0.15, 0.2) is 5.69 Å². The molecule has 0 amide bonds. The molecule has 1 aromatic heterocycles. The largest absolute Gasteiger partial charge is 0.501 e. The molecular weight excluding hydrogens is 475 g/mol. The predicted octanol–water partition coefficient (Wildman–Crippen LogP) is 7.35. The Kier molecular flexibility index (Phi) is 8.40. The fraction of sp³-hybridized carbons (Fsp3) is 0.280. The van der Waals surface area contributed by atoms with Gasteiger partial charge in [-0.05, 0) is 43.3 Å². The molecule has 174 valence electrons. The minimum Gasteiger partial charge on any atom is -0.501 e. The van der Waals surface area contributed by atoms with E-state index in [1.807, 2.05) is 30.3 Å². The standard InChI is InChI=1S/C25H28Cl2N2O3Si/c1-5-32-25(30)23-20(14-15-31-16-17-33(2,3)4)24(18-10-12-19(26)13-11-18)29(28-23)22-9-7-6-8-21(22)27/h6-15H,5,16-17H2,1-4H3/b15-14+. The van der Waals surface area contributed by atoms with Crippen molar-refractivity contribution in [2.75, 3.05) is 13.2 Å². The van der Waals surface area contributed by atoms with E-state index in [1.165, 1.54) is 0 Å². The van der Waals surface area contributed by atoms with Gasteiger partial charge < -0.3 is 9.47 Å². The highest BCUT2D eigenvalue weighted by Gasteiger charge is 2.25. The van der Waals surface area contributed by atoms with Crippen LogP contribution in [-0.4, -0.2) is 37.0 Å². The van der Waals surface area contributed by atoms with Gasteiger partial charge in [-0.3, -0.25) is 0 Å². The van der Waals surface area contributed by atoms with Crippen LogP contribution in [0.5, 0.6) is 0 Å². The van der Waals surface area contributed by atoms with Crippen molar-refractivity contribution in [2.45, 2.75) is 32.6 Å². The number of carbonyl (C=O) groups is 1. The summed E-state index contributed by atoms with van der Waals surface area (Å²) in [6.07, 6.45) is 3.39. The summed E-state index contributed by atoms with van der Waals surface area (Å²) in [6, 6.07) is 15.7. The van der Waals surface area contributed by atoms with Crippen LogP contribution < -0.4 is 0 Å². The molecule has 0 aliphatic carbocycles. The minimum absolute atomic E-state index is 0.187. The molecule has 0 spiro atoms. The summed E-state index contributed by atoms with van der Waals surface area (Å²) in [5.41, 5.74) is 2.93. The monoisotopic (exact) mass is 502 g/mol. The molecule has 0 aliphatic heterocycles. The van der Waals surface area contributed by atoms with E-state index in [4.69, 9.17) is 32.7 Å². The maximum atomic E-state index is 12.8. The molecular formula is C25H28Cl2N2O3Si. The van der Waals surface area contributed by atoms with Crippen LogP contribution in [0.4, 0.5) is 0 Å². The predicted molar refractivity (Wildman–Crippen MR) is 138 cm³/mol. The van der Waals surface area contributed by atoms with Crippen molar-refractivity contribution >= 4 is 43.3 Å². The topological polar surface area (TPSA) is 53.3 Å². The lowest BCUT2D eigenvalue weighted by Gasteiger charge is -2.14.